The Hall–Kier alpha value is -3.62. The number of ketones is 1. The van der Waals surface area contributed by atoms with E-state index in [1.807, 2.05) is 36.4 Å². The molecule has 3 heterocycles. The molecule has 39 heavy (non-hydrogen) atoms. The number of amides is 1. The van der Waals surface area contributed by atoms with Gasteiger partial charge in [0.1, 0.15) is 0 Å². The van der Waals surface area contributed by atoms with Crippen LogP contribution in [0.15, 0.2) is 59.4 Å². The Bertz CT molecular complexity index is 1610. The summed E-state index contributed by atoms with van der Waals surface area (Å²) in [4.78, 5) is 49.0. The zero-order chi connectivity index (χ0) is 26.9. The minimum Gasteiger partial charge on any atom is -0.322 e. The maximum Gasteiger partial charge on any atom is 0.257 e. The fourth-order valence-electron chi connectivity index (χ4n) is 5.92. The number of H-pyrrole nitrogens is 1. The Labute approximate surface area is 231 Å². The first-order valence-electron chi connectivity index (χ1n) is 13.7. The highest BCUT2D eigenvalue weighted by Crippen LogP contribution is 2.36. The molecule has 0 radical (unpaired) electrons. The van der Waals surface area contributed by atoms with E-state index in [0.29, 0.717) is 22.2 Å². The number of thiazole rings is 1. The lowest BCUT2D eigenvalue weighted by Crippen LogP contribution is -2.25. The number of anilines is 1. The van der Waals surface area contributed by atoms with Crippen LogP contribution in [0.3, 0.4) is 0 Å². The molecule has 1 fully saturated rings. The summed E-state index contributed by atoms with van der Waals surface area (Å²) in [6.45, 7) is 1.87. The summed E-state index contributed by atoms with van der Waals surface area (Å²) in [5.41, 5.74) is 4.20. The number of carbonyl (C=O) groups is 2. The number of rotatable bonds is 5. The SMILES string of the molecule is CN1CCc2nc(NC(=O)c3cccc(C4CCCC(C(=O)c5ccc6[nH]c(=O)ccc6c5)CC4)c3)sc2C1. The zero-order valence-corrected chi connectivity index (χ0v) is 22.9. The lowest BCUT2D eigenvalue weighted by atomic mass is 9.88. The van der Waals surface area contributed by atoms with E-state index in [2.05, 4.69) is 33.3 Å². The quantitative estimate of drug-likeness (QED) is 0.247. The van der Waals surface area contributed by atoms with Gasteiger partial charge in [-0.3, -0.25) is 19.7 Å². The van der Waals surface area contributed by atoms with Crippen LogP contribution < -0.4 is 10.9 Å². The molecular weight excluding hydrogens is 508 g/mol. The van der Waals surface area contributed by atoms with E-state index in [1.165, 1.54) is 10.9 Å². The van der Waals surface area contributed by atoms with E-state index in [0.717, 1.165) is 73.8 Å². The summed E-state index contributed by atoms with van der Waals surface area (Å²) in [6, 6.07) is 16.7. The zero-order valence-electron chi connectivity index (χ0n) is 22.0. The number of aromatic nitrogens is 2. The number of likely N-dealkylation sites (N-methyl/N-ethyl adjacent to an activating group) is 1. The largest absolute Gasteiger partial charge is 0.322 e. The van der Waals surface area contributed by atoms with Gasteiger partial charge < -0.3 is 9.88 Å². The van der Waals surface area contributed by atoms with Crippen LogP contribution in [0.4, 0.5) is 5.13 Å². The smallest absolute Gasteiger partial charge is 0.257 e. The number of benzene rings is 2. The third-order valence-corrected chi connectivity index (χ3v) is 9.11. The van der Waals surface area contributed by atoms with Crippen LogP contribution in [-0.2, 0) is 13.0 Å². The highest BCUT2D eigenvalue weighted by atomic mass is 32.1. The van der Waals surface area contributed by atoms with Crippen LogP contribution in [0.25, 0.3) is 10.9 Å². The number of hydrogen-bond acceptors (Lipinski definition) is 6. The molecule has 0 bridgehead atoms. The van der Waals surface area contributed by atoms with Crippen molar-refractivity contribution in [1.29, 1.82) is 0 Å². The van der Waals surface area contributed by atoms with Crippen molar-refractivity contribution in [2.45, 2.75) is 51.0 Å². The van der Waals surface area contributed by atoms with Gasteiger partial charge in [-0.15, -0.1) is 11.3 Å². The summed E-state index contributed by atoms with van der Waals surface area (Å²) in [7, 11) is 2.10. The molecule has 1 amide bonds. The summed E-state index contributed by atoms with van der Waals surface area (Å²) < 4.78 is 0. The molecule has 1 aliphatic heterocycles. The van der Waals surface area contributed by atoms with Crippen molar-refractivity contribution >= 4 is 39.1 Å². The number of aromatic amines is 1. The molecule has 2 atom stereocenters. The molecular formula is C31H32N4O3S. The van der Waals surface area contributed by atoms with E-state index in [4.69, 9.17) is 0 Å². The molecule has 4 aromatic rings. The molecule has 8 heteroatoms. The van der Waals surface area contributed by atoms with Crippen LogP contribution in [0, 0.1) is 5.92 Å². The number of carbonyl (C=O) groups excluding carboxylic acids is 2. The van der Waals surface area contributed by atoms with E-state index < -0.39 is 0 Å². The monoisotopic (exact) mass is 540 g/mol. The van der Waals surface area contributed by atoms with Gasteiger partial charge in [0.15, 0.2) is 10.9 Å². The van der Waals surface area contributed by atoms with Crippen molar-refractivity contribution in [3.63, 3.8) is 0 Å². The van der Waals surface area contributed by atoms with Crippen molar-refractivity contribution < 1.29 is 9.59 Å². The maximum atomic E-state index is 13.4. The van der Waals surface area contributed by atoms with Gasteiger partial charge in [0, 0.05) is 53.0 Å². The molecule has 1 saturated carbocycles. The highest BCUT2D eigenvalue weighted by molar-refractivity contribution is 7.15. The van der Waals surface area contributed by atoms with E-state index in [9.17, 15) is 14.4 Å². The number of Topliss-reactive ketones (excluding diaryl/α,β-unsaturated/α-hetero) is 1. The van der Waals surface area contributed by atoms with Gasteiger partial charge in [-0.25, -0.2) is 4.98 Å². The number of nitrogens with one attached hydrogen (secondary N) is 2. The van der Waals surface area contributed by atoms with E-state index in [1.54, 1.807) is 17.4 Å². The summed E-state index contributed by atoms with van der Waals surface area (Å²) in [6.07, 6.45) is 5.49. The molecule has 6 rings (SSSR count). The van der Waals surface area contributed by atoms with Crippen molar-refractivity contribution in [3.8, 4) is 0 Å². The van der Waals surface area contributed by atoms with Crippen molar-refractivity contribution in [1.82, 2.24) is 14.9 Å². The van der Waals surface area contributed by atoms with Crippen LogP contribution in [0.2, 0.25) is 0 Å². The lowest BCUT2D eigenvalue weighted by Gasteiger charge is -2.20. The van der Waals surface area contributed by atoms with Crippen molar-refractivity contribution in [3.05, 3.63) is 92.2 Å². The molecule has 0 spiro atoms. The van der Waals surface area contributed by atoms with E-state index in [-0.39, 0.29) is 23.2 Å². The lowest BCUT2D eigenvalue weighted by molar-refractivity contribution is 0.0907. The van der Waals surface area contributed by atoms with Crippen molar-refractivity contribution in [2.24, 2.45) is 5.92 Å². The molecule has 7 nitrogen and oxygen atoms in total. The van der Waals surface area contributed by atoms with Crippen molar-refractivity contribution in [2.75, 3.05) is 18.9 Å². The number of pyridine rings is 1. The normalized spacial score (nSPS) is 19.8. The first-order chi connectivity index (χ1) is 18.9. The fraction of sp³-hybridized carbons (Fsp3) is 0.355. The molecule has 200 valence electrons. The second kappa shape index (κ2) is 10.9. The predicted octanol–water partition coefficient (Wildman–Crippen LogP) is 5.77. The Morgan fingerprint density at radius 1 is 1.03 bits per heavy atom. The Balaban J connectivity index is 1.12. The molecule has 2 unspecified atom stereocenters. The number of hydrogen-bond donors (Lipinski definition) is 2. The topological polar surface area (TPSA) is 95.2 Å². The summed E-state index contributed by atoms with van der Waals surface area (Å²) >= 11 is 1.57. The van der Waals surface area contributed by atoms with Gasteiger partial charge in [0.25, 0.3) is 5.91 Å². The fourth-order valence-corrected chi connectivity index (χ4v) is 7.00. The standard InChI is InChI=1S/C31H32N4O3S/c1-35-15-14-26-27(18-35)39-31(33-26)34-30(38)24-7-3-6-21(16-24)19-4-2-5-20(9-8-19)29(37)23-10-12-25-22(17-23)11-13-28(36)32-25/h3,6-7,10-13,16-17,19-20H,2,4-5,8-9,14-15,18H2,1H3,(H,32,36)(H,33,34,38). The average molecular weight is 541 g/mol. The van der Waals surface area contributed by atoms with Gasteiger partial charge in [-0.2, -0.15) is 0 Å². The van der Waals surface area contributed by atoms with E-state index >= 15 is 0 Å². The second-order valence-electron chi connectivity index (χ2n) is 10.8. The third kappa shape index (κ3) is 5.58. The van der Waals surface area contributed by atoms with Crippen LogP contribution >= 0.6 is 11.3 Å². The molecule has 0 saturated heterocycles. The Kier molecular flexibility index (Phi) is 7.14. The van der Waals surface area contributed by atoms with Gasteiger partial charge >= 0.3 is 0 Å². The molecule has 2 aromatic heterocycles. The first-order valence-corrected chi connectivity index (χ1v) is 14.5. The Morgan fingerprint density at radius 2 is 1.92 bits per heavy atom. The molecule has 2 aliphatic rings. The van der Waals surface area contributed by atoms with Crippen LogP contribution in [0.1, 0.15) is 74.9 Å². The molecule has 1 aliphatic carbocycles. The average Bonchev–Trinajstić information content (AvgIpc) is 3.17. The number of fused-ring (bicyclic) bond motifs is 2. The summed E-state index contributed by atoms with van der Waals surface area (Å²) in [5, 5.41) is 4.55. The van der Waals surface area contributed by atoms with Crippen LogP contribution in [0.5, 0.6) is 0 Å². The Morgan fingerprint density at radius 3 is 2.82 bits per heavy atom. The third-order valence-electron chi connectivity index (χ3n) is 8.11. The molecule has 2 aromatic carbocycles. The maximum absolute atomic E-state index is 13.4. The highest BCUT2D eigenvalue weighted by Gasteiger charge is 2.26. The van der Waals surface area contributed by atoms with Crippen LogP contribution in [-0.4, -0.2) is 40.2 Å². The minimum atomic E-state index is -0.145. The second-order valence-corrected chi connectivity index (χ2v) is 11.9. The van der Waals surface area contributed by atoms with Gasteiger partial charge in [-0.1, -0.05) is 18.6 Å². The van der Waals surface area contributed by atoms with Gasteiger partial charge in [0.2, 0.25) is 5.56 Å². The first kappa shape index (κ1) is 25.6. The van der Waals surface area contributed by atoms with Gasteiger partial charge in [0.05, 0.1) is 5.69 Å². The minimum absolute atomic E-state index is 0.0170. The predicted molar refractivity (Wildman–Crippen MR) is 155 cm³/mol. The van der Waals surface area contributed by atoms with Gasteiger partial charge in [-0.05, 0) is 86.0 Å². The summed E-state index contributed by atoms with van der Waals surface area (Å²) in [5.74, 6) is 0.349. The number of nitrogens with zero attached hydrogens (tertiary/aromatic N) is 2. The molecule has 2 N–H and O–H groups in total.